The normalized spacial score (nSPS) is 14.3. The molecule has 0 bridgehead atoms. The molecule has 0 radical (unpaired) electrons. The van der Waals surface area contributed by atoms with Crippen molar-refractivity contribution in [2.75, 3.05) is 12.4 Å². The number of carbonyl (C=O) groups excluding carboxylic acids is 2. The molecule has 1 unspecified atom stereocenters. The molecule has 1 aliphatic rings. The van der Waals surface area contributed by atoms with Gasteiger partial charge in [0.2, 0.25) is 6.10 Å². The van der Waals surface area contributed by atoms with Crippen LogP contribution in [0.15, 0.2) is 78.9 Å². The van der Waals surface area contributed by atoms with Crippen LogP contribution < -0.4 is 14.8 Å². The maximum absolute atomic E-state index is 13.3. The quantitative estimate of drug-likeness (QED) is 0.460. The maximum Gasteiger partial charge on any atom is 0.339 e. The summed E-state index contributed by atoms with van der Waals surface area (Å²) in [6, 6.07) is 23.3. The number of amides is 1. The van der Waals surface area contributed by atoms with E-state index >= 15 is 0 Å². The number of benzene rings is 3. The molecule has 1 fully saturated rings. The fourth-order valence-corrected chi connectivity index (χ4v) is 3.91. The van der Waals surface area contributed by atoms with Crippen molar-refractivity contribution in [1.82, 2.24) is 0 Å². The van der Waals surface area contributed by atoms with Crippen molar-refractivity contribution < 1.29 is 23.8 Å². The van der Waals surface area contributed by atoms with Gasteiger partial charge in [-0.05, 0) is 62.1 Å². The van der Waals surface area contributed by atoms with Gasteiger partial charge in [0.05, 0.1) is 24.5 Å². The van der Waals surface area contributed by atoms with Gasteiger partial charge in [0.25, 0.3) is 5.91 Å². The smallest absolute Gasteiger partial charge is 0.339 e. The molecule has 1 atom stereocenters. The van der Waals surface area contributed by atoms with Gasteiger partial charge in [-0.25, -0.2) is 4.79 Å². The minimum Gasteiger partial charge on any atom is -0.490 e. The lowest BCUT2D eigenvalue weighted by Crippen LogP contribution is -2.26. The number of esters is 1. The van der Waals surface area contributed by atoms with Crippen molar-refractivity contribution in [3.8, 4) is 11.5 Å². The fraction of sp³-hybridized carbons (Fsp3) is 0.259. The van der Waals surface area contributed by atoms with E-state index in [-0.39, 0.29) is 11.7 Å². The van der Waals surface area contributed by atoms with E-state index in [0.29, 0.717) is 17.0 Å². The Morgan fingerprint density at radius 1 is 0.848 bits per heavy atom. The number of carbonyl (C=O) groups is 2. The molecule has 1 aliphatic carbocycles. The van der Waals surface area contributed by atoms with E-state index in [2.05, 4.69) is 5.32 Å². The van der Waals surface area contributed by atoms with Gasteiger partial charge in [0.15, 0.2) is 0 Å². The van der Waals surface area contributed by atoms with Gasteiger partial charge in [-0.1, -0.05) is 42.5 Å². The lowest BCUT2D eigenvalue weighted by Gasteiger charge is -2.20. The van der Waals surface area contributed by atoms with Crippen LogP contribution in [-0.2, 0) is 9.53 Å². The SMILES string of the molecule is COC(=O)c1ccccc1NC(=O)C(Oc1ccc(OC2CCCC2)cc1)c1ccccc1. The van der Waals surface area contributed by atoms with Crippen LogP contribution in [0.2, 0.25) is 0 Å². The van der Waals surface area contributed by atoms with Crippen molar-refractivity contribution in [3.05, 3.63) is 90.0 Å². The fourth-order valence-electron chi connectivity index (χ4n) is 3.91. The molecule has 0 heterocycles. The van der Waals surface area contributed by atoms with Crippen molar-refractivity contribution in [2.24, 2.45) is 0 Å². The summed E-state index contributed by atoms with van der Waals surface area (Å²) in [6.07, 6.45) is 3.94. The molecular weight excluding hydrogens is 418 g/mol. The number of para-hydroxylation sites is 1. The molecule has 33 heavy (non-hydrogen) atoms. The van der Waals surface area contributed by atoms with Crippen molar-refractivity contribution in [3.63, 3.8) is 0 Å². The molecule has 1 saturated carbocycles. The average molecular weight is 446 g/mol. The Morgan fingerprint density at radius 2 is 1.48 bits per heavy atom. The third kappa shape index (κ3) is 5.71. The highest BCUT2D eigenvalue weighted by atomic mass is 16.5. The summed E-state index contributed by atoms with van der Waals surface area (Å²) >= 11 is 0. The van der Waals surface area contributed by atoms with E-state index in [1.165, 1.54) is 20.0 Å². The zero-order chi connectivity index (χ0) is 23.0. The number of hydrogen-bond donors (Lipinski definition) is 1. The van der Waals surface area contributed by atoms with Crippen molar-refractivity contribution >= 4 is 17.6 Å². The monoisotopic (exact) mass is 445 g/mol. The van der Waals surface area contributed by atoms with E-state index in [9.17, 15) is 9.59 Å². The number of nitrogens with one attached hydrogen (secondary N) is 1. The van der Waals surface area contributed by atoms with Crippen LogP contribution in [0.1, 0.15) is 47.7 Å². The molecule has 0 spiro atoms. The molecule has 6 heteroatoms. The number of hydrogen-bond acceptors (Lipinski definition) is 5. The highest BCUT2D eigenvalue weighted by Gasteiger charge is 2.25. The van der Waals surface area contributed by atoms with E-state index in [0.717, 1.165) is 18.6 Å². The van der Waals surface area contributed by atoms with Crippen LogP contribution in [0.4, 0.5) is 5.69 Å². The van der Waals surface area contributed by atoms with Gasteiger partial charge in [-0.2, -0.15) is 0 Å². The second-order valence-corrected chi connectivity index (χ2v) is 7.93. The molecule has 0 saturated heterocycles. The van der Waals surface area contributed by atoms with Gasteiger partial charge in [-0.15, -0.1) is 0 Å². The second-order valence-electron chi connectivity index (χ2n) is 7.93. The number of rotatable bonds is 8. The molecule has 4 rings (SSSR count). The average Bonchev–Trinajstić information content (AvgIpc) is 3.37. The summed E-state index contributed by atoms with van der Waals surface area (Å²) in [5, 5.41) is 2.81. The summed E-state index contributed by atoms with van der Waals surface area (Å²) < 4.78 is 16.9. The Labute approximate surface area is 193 Å². The lowest BCUT2D eigenvalue weighted by molar-refractivity contribution is -0.123. The van der Waals surface area contributed by atoms with Crippen molar-refractivity contribution in [2.45, 2.75) is 37.9 Å². The van der Waals surface area contributed by atoms with Crippen LogP contribution in [-0.4, -0.2) is 25.1 Å². The molecular formula is C27H27NO5. The lowest BCUT2D eigenvalue weighted by atomic mass is 10.1. The number of anilines is 1. The highest BCUT2D eigenvalue weighted by Crippen LogP contribution is 2.29. The number of ether oxygens (including phenoxy) is 3. The first kappa shape index (κ1) is 22.4. The molecule has 170 valence electrons. The predicted molar refractivity (Wildman–Crippen MR) is 126 cm³/mol. The Balaban J connectivity index is 1.52. The summed E-state index contributed by atoms with van der Waals surface area (Å²) in [5.74, 6) is 0.408. The highest BCUT2D eigenvalue weighted by molar-refractivity contribution is 6.02. The first-order valence-corrected chi connectivity index (χ1v) is 11.1. The van der Waals surface area contributed by atoms with E-state index < -0.39 is 18.0 Å². The summed E-state index contributed by atoms with van der Waals surface area (Å²) in [7, 11) is 1.30. The summed E-state index contributed by atoms with van der Waals surface area (Å²) in [4.78, 5) is 25.4. The zero-order valence-corrected chi connectivity index (χ0v) is 18.5. The van der Waals surface area contributed by atoms with E-state index in [1.807, 2.05) is 42.5 Å². The van der Waals surface area contributed by atoms with Crippen LogP contribution in [0, 0.1) is 0 Å². The third-order valence-electron chi connectivity index (χ3n) is 5.61. The Kier molecular flexibility index (Phi) is 7.25. The Hall–Kier alpha value is -3.80. The van der Waals surface area contributed by atoms with E-state index in [1.54, 1.807) is 36.4 Å². The standard InChI is InChI=1S/C27H27NO5/c1-31-27(30)23-13-7-8-14-24(23)28-26(29)25(19-9-3-2-4-10-19)33-22-17-15-21(16-18-22)32-20-11-5-6-12-20/h2-4,7-10,13-18,20,25H,5-6,11-12H2,1H3,(H,28,29). The van der Waals surface area contributed by atoms with Crippen LogP contribution in [0.5, 0.6) is 11.5 Å². The molecule has 3 aromatic rings. The molecule has 1 N–H and O–H groups in total. The predicted octanol–water partition coefficient (Wildman–Crippen LogP) is 5.55. The van der Waals surface area contributed by atoms with Gasteiger partial charge >= 0.3 is 5.97 Å². The van der Waals surface area contributed by atoms with Gasteiger partial charge in [0, 0.05) is 5.56 Å². The van der Waals surface area contributed by atoms with E-state index in [4.69, 9.17) is 14.2 Å². The van der Waals surface area contributed by atoms with Crippen molar-refractivity contribution in [1.29, 1.82) is 0 Å². The second kappa shape index (κ2) is 10.7. The molecule has 3 aromatic carbocycles. The summed E-state index contributed by atoms with van der Waals surface area (Å²) in [5.41, 5.74) is 1.32. The first-order valence-electron chi connectivity index (χ1n) is 11.1. The van der Waals surface area contributed by atoms with Crippen LogP contribution in [0.25, 0.3) is 0 Å². The first-order chi connectivity index (χ1) is 16.1. The number of methoxy groups -OCH3 is 1. The van der Waals surface area contributed by atoms with Crippen LogP contribution >= 0.6 is 0 Å². The van der Waals surface area contributed by atoms with Crippen LogP contribution in [0.3, 0.4) is 0 Å². The van der Waals surface area contributed by atoms with Gasteiger partial charge in [-0.3, -0.25) is 4.79 Å². The topological polar surface area (TPSA) is 73.9 Å². The summed E-state index contributed by atoms with van der Waals surface area (Å²) in [6.45, 7) is 0. The molecule has 0 aliphatic heterocycles. The molecule has 0 aromatic heterocycles. The van der Waals surface area contributed by atoms with Gasteiger partial charge < -0.3 is 19.5 Å². The molecule has 1 amide bonds. The largest absolute Gasteiger partial charge is 0.490 e. The molecule has 6 nitrogen and oxygen atoms in total. The van der Waals surface area contributed by atoms with Gasteiger partial charge in [0.1, 0.15) is 11.5 Å². The Morgan fingerprint density at radius 3 is 2.18 bits per heavy atom. The zero-order valence-electron chi connectivity index (χ0n) is 18.5. The Bertz CT molecular complexity index is 1080. The third-order valence-corrected chi connectivity index (χ3v) is 5.61. The minimum atomic E-state index is -0.918. The maximum atomic E-state index is 13.3. The minimum absolute atomic E-state index is 0.272.